The molecule has 7 nitrogen and oxygen atoms in total. The zero-order valence-corrected chi connectivity index (χ0v) is 14.4. The highest BCUT2D eigenvalue weighted by Crippen LogP contribution is 2.29. The van der Waals surface area contributed by atoms with Crippen LogP contribution in [0.4, 0.5) is 0 Å². The van der Waals surface area contributed by atoms with E-state index in [0.717, 1.165) is 43.2 Å². The lowest BCUT2D eigenvalue weighted by molar-refractivity contribution is 0.0485. The number of ether oxygens (including phenoxy) is 2. The van der Waals surface area contributed by atoms with Gasteiger partial charge in [-0.3, -0.25) is 10.3 Å². The Morgan fingerprint density at radius 3 is 2.71 bits per heavy atom. The van der Waals surface area contributed by atoms with Gasteiger partial charge in [0.25, 0.3) is 0 Å². The summed E-state index contributed by atoms with van der Waals surface area (Å²) in [7, 11) is 1.66. The van der Waals surface area contributed by atoms with Crippen molar-refractivity contribution >= 4 is 0 Å². The second-order valence-electron chi connectivity index (χ2n) is 6.13. The molecule has 1 aliphatic heterocycles. The SMILES string of the molecule is COc1cc(C)nc(CNC(c2nc(C)no2)C2CCOCC2)c1. The first-order valence-electron chi connectivity index (χ1n) is 8.28. The molecule has 1 aliphatic rings. The maximum absolute atomic E-state index is 5.48. The molecule has 0 bridgehead atoms. The highest BCUT2D eigenvalue weighted by atomic mass is 16.5. The van der Waals surface area contributed by atoms with Gasteiger partial charge in [0.1, 0.15) is 5.75 Å². The van der Waals surface area contributed by atoms with Crippen molar-refractivity contribution in [3.05, 3.63) is 35.2 Å². The predicted molar refractivity (Wildman–Crippen MR) is 87.7 cm³/mol. The van der Waals surface area contributed by atoms with E-state index in [9.17, 15) is 0 Å². The second kappa shape index (κ2) is 7.72. The minimum Gasteiger partial charge on any atom is -0.497 e. The Morgan fingerprint density at radius 2 is 2.04 bits per heavy atom. The third-order valence-electron chi connectivity index (χ3n) is 4.27. The van der Waals surface area contributed by atoms with Crippen molar-refractivity contribution in [2.24, 2.45) is 5.92 Å². The van der Waals surface area contributed by atoms with Gasteiger partial charge in [0.2, 0.25) is 5.89 Å². The molecule has 1 N–H and O–H groups in total. The van der Waals surface area contributed by atoms with Crippen LogP contribution < -0.4 is 10.1 Å². The fourth-order valence-electron chi connectivity index (χ4n) is 3.07. The van der Waals surface area contributed by atoms with E-state index < -0.39 is 0 Å². The second-order valence-corrected chi connectivity index (χ2v) is 6.13. The number of rotatable bonds is 6. The van der Waals surface area contributed by atoms with Crippen molar-refractivity contribution in [2.45, 2.75) is 39.3 Å². The number of pyridine rings is 1. The van der Waals surface area contributed by atoms with E-state index in [1.165, 1.54) is 0 Å². The van der Waals surface area contributed by atoms with Crippen LogP contribution >= 0.6 is 0 Å². The Hall–Kier alpha value is -1.99. The number of hydrogen-bond acceptors (Lipinski definition) is 7. The molecule has 1 fully saturated rings. The normalized spacial score (nSPS) is 17.0. The summed E-state index contributed by atoms with van der Waals surface area (Å²) in [6.45, 7) is 5.95. The summed E-state index contributed by atoms with van der Waals surface area (Å²) in [5.41, 5.74) is 1.86. The summed E-state index contributed by atoms with van der Waals surface area (Å²) < 4.78 is 16.2. The molecule has 0 saturated carbocycles. The lowest BCUT2D eigenvalue weighted by Crippen LogP contribution is -2.32. The lowest BCUT2D eigenvalue weighted by atomic mass is 9.91. The van der Waals surface area contributed by atoms with Crippen LogP contribution in [0.1, 0.15) is 42.0 Å². The van der Waals surface area contributed by atoms with Gasteiger partial charge in [0, 0.05) is 37.6 Å². The summed E-state index contributed by atoms with van der Waals surface area (Å²) in [6.07, 6.45) is 1.95. The van der Waals surface area contributed by atoms with Crippen LogP contribution in [0, 0.1) is 19.8 Å². The molecule has 0 spiro atoms. The fraction of sp³-hybridized carbons (Fsp3) is 0.588. The number of hydrogen-bond donors (Lipinski definition) is 1. The van der Waals surface area contributed by atoms with Crippen molar-refractivity contribution in [1.82, 2.24) is 20.4 Å². The Morgan fingerprint density at radius 1 is 1.25 bits per heavy atom. The largest absolute Gasteiger partial charge is 0.497 e. The molecule has 0 aliphatic carbocycles. The summed E-state index contributed by atoms with van der Waals surface area (Å²) in [6, 6.07) is 3.87. The quantitative estimate of drug-likeness (QED) is 0.869. The summed E-state index contributed by atoms with van der Waals surface area (Å²) in [4.78, 5) is 8.99. The first kappa shape index (κ1) is 16.9. The molecule has 1 unspecified atom stereocenters. The van der Waals surface area contributed by atoms with Crippen LogP contribution in [-0.4, -0.2) is 35.4 Å². The van der Waals surface area contributed by atoms with E-state index in [1.54, 1.807) is 7.11 Å². The van der Waals surface area contributed by atoms with Gasteiger partial charge in [-0.15, -0.1) is 0 Å². The van der Waals surface area contributed by atoms with Crippen molar-refractivity contribution in [2.75, 3.05) is 20.3 Å². The van der Waals surface area contributed by atoms with E-state index in [4.69, 9.17) is 14.0 Å². The highest BCUT2D eigenvalue weighted by molar-refractivity contribution is 5.26. The van der Waals surface area contributed by atoms with Gasteiger partial charge in [0.05, 0.1) is 18.8 Å². The molecule has 2 aromatic rings. The van der Waals surface area contributed by atoms with Crippen molar-refractivity contribution in [1.29, 1.82) is 0 Å². The zero-order chi connectivity index (χ0) is 16.9. The van der Waals surface area contributed by atoms with E-state index in [-0.39, 0.29) is 6.04 Å². The number of nitrogens with one attached hydrogen (secondary N) is 1. The first-order chi connectivity index (χ1) is 11.7. The Balaban J connectivity index is 1.75. The van der Waals surface area contributed by atoms with Crippen molar-refractivity contribution < 1.29 is 14.0 Å². The molecular formula is C17H24N4O3. The van der Waals surface area contributed by atoms with Gasteiger partial charge >= 0.3 is 0 Å². The molecule has 1 saturated heterocycles. The maximum Gasteiger partial charge on any atom is 0.244 e. The molecule has 3 rings (SSSR count). The molecule has 7 heteroatoms. The number of aryl methyl sites for hydroxylation is 2. The molecule has 0 amide bonds. The van der Waals surface area contributed by atoms with Crippen molar-refractivity contribution in [3.63, 3.8) is 0 Å². The molecule has 24 heavy (non-hydrogen) atoms. The van der Waals surface area contributed by atoms with E-state index in [1.807, 2.05) is 26.0 Å². The van der Waals surface area contributed by atoms with E-state index >= 15 is 0 Å². The van der Waals surface area contributed by atoms with E-state index in [0.29, 0.717) is 24.2 Å². The van der Waals surface area contributed by atoms with Gasteiger partial charge in [-0.2, -0.15) is 4.98 Å². The first-order valence-corrected chi connectivity index (χ1v) is 8.28. The Bertz CT molecular complexity index is 668. The standard InChI is InChI=1S/C17H24N4O3/c1-11-8-15(22-3)9-14(19-11)10-18-16(13-4-6-23-7-5-13)17-20-12(2)21-24-17/h8-9,13,16,18H,4-7,10H2,1-3H3. The number of methoxy groups -OCH3 is 1. The number of nitrogens with zero attached hydrogens (tertiary/aromatic N) is 3. The van der Waals surface area contributed by atoms with Crippen LogP contribution in [0.15, 0.2) is 16.7 Å². The van der Waals surface area contributed by atoms with Crippen LogP contribution in [-0.2, 0) is 11.3 Å². The third-order valence-corrected chi connectivity index (χ3v) is 4.27. The summed E-state index contributed by atoms with van der Waals surface area (Å²) >= 11 is 0. The molecule has 2 aromatic heterocycles. The minimum atomic E-state index is 0.00315. The molecule has 1 atom stereocenters. The maximum atomic E-state index is 5.48. The average molecular weight is 332 g/mol. The molecular weight excluding hydrogens is 308 g/mol. The molecule has 0 radical (unpaired) electrons. The topological polar surface area (TPSA) is 82.3 Å². The monoisotopic (exact) mass is 332 g/mol. The highest BCUT2D eigenvalue weighted by Gasteiger charge is 2.29. The summed E-state index contributed by atoms with van der Waals surface area (Å²) in [5, 5.41) is 7.48. The fourth-order valence-corrected chi connectivity index (χ4v) is 3.07. The smallest absolute Gasteiger partial charge is 0.244 e. The Kier molecular flexibility index (Phi) is 5.42. The van der Waals surface area contributed by atoms with Crippen LogP contribution in [0.25, 0.3) is 0 Å². The third kappa shape index (κ3) is 4.10. The van der Waals surface area contributed by atoms with Gasteiger partial charge in [0.15, 0.2) is 5.82 Å². The minimum absolute atomic E-state index is 0.00315. The van der Waals surface area contributed by atoms with Gasteiger partial charge in [-0.05, 0) is 32.6 Å². The average Bonchev–Trinajstić information content (AvgIpc) is 3.01. The van der Waals surface area contributed by atoms with E-state index in [2.05, 4.69) is 20.4 Å². The molecule has 0 aromatic carbocycles. The summed E-state index contributed by atoms with van der Waals surface area (Å²) in [5.74, 6) is 2.51. The predicted octanol–water partition coefficient (Wildman–Crippen LogP) is 2.35. The molecule has 3 heterocycles. The molecule has 130 valence electrons. The van der Waals surface area contributed by atoms with Crippen LogP contribution in [0.3, 0.4) is 0 Å². The number of aromatic nitrogens is 3. The van der Waals surface area contributed by atoms with Crippen LogP contribution in [0.5, 0.6) is 5.75 Å². The lowest BCUT2D eigenvalue weighted by Gasteiger charge is -2.28. The van der Waals surface area contributed by atoms with Crippen molar-refractivity contribution in [3.8, 4) is 5.75 Å². The Labute approximate surface area is 141 Å². The zero-order valence-electron chi connectivity index (χ0n) is 14.4. The van der Waals surface area contributed by atoms with Gasteiger partial charge < -0.3 is 14.0 Å². The van der Waals surface area contributed by atoms with Crippen LogP contribution in [0.2, 0.25) is 0 Å². The van der Waals surface area contributed by atoms with Gasteiger partial charge in [-0.1, -0.05) is 5.16 Å². The van der Waals surface area contributed by atoms with Gasteiger partial charge in [-0.25, -0.2) is 0 Å².